The molecule has 1 aliphatic rings. The van der Waals surface area contributed by atoms with E-state index >= 15 is 0 Å². The Hall–Kier alpha value is -1.11. The van der Waals surface area contributed by atoms with E-state index in [9.17, 15) is 13.2 Å². The molecule has 1 saturated heterocycles. The Kier molecular flexibility index (Phi) is 5.24. The third-order valence-corrected chi connectivity index (χ3v) is 5.10. The third kappa shape index (κ3) is 4.43. The lowest BCUT2D eigenvalue weighted by Gasteiger charge is -2.21. The number of hydrogen-bond acceptors (Lipinski definition) is 3. The van der Waals surface area contributed by atoms with Crippen LogP contribution >= 0.6 is 11.6 Å². The number of sulfonamides is 1. The highest BCUT2D eigenvalue weighted by Gasteiger charge is 2.36. The molecule has 0 saturated carbocycles. The van der Waals surface area contributed by atoms with Crippen molar-refractivity contribution in [2.75, 3.05) is 19.3 Å². The van der Waals surface area contributed by atoms with Crippen LogP contribution in [0.3, 0.4) is 0 Å². The number of carbonyl (C=O) groups excluding carboxylic acids is 1. The van der Waals surface area contributed by atoms with Gasteiger partial charge in [0.1, 0.15) is 6.04 Å². The van der Waals surface area contributed by atoms with E-state index in [-0.39, 0.29) is 5.91 Å². The van der Waals surface area contributed by atoms with Crippen LogP contribution in [0.4, 0.5) is 0 Å². The number of carbonyl (C=O) groups is 1. The summed E-state index contributed by atoms with van der Waals surface area (Å²) < 4.78 is 24.5. The second-order valence-corrected chi connectivity index (χ2v) is 7.57. The minimum atomic E-state index is -3.32. The summed E-state index contributed by atoms with van der Waals surface area (Å²) in [5.41, 5.74) is 1.08. The van der Waals surface area contributed by atoms with Gasteiger partial charge in [-0.25, -0.2) is 8.42 Å². The molecule has 0 radical (unpaired) electrons. The fourth-order valence-corrected chi connectivity index (χ4v) is 3.75. The molecule has 0 aliphatic carbocycles. The number of hydrogen-bond donors (Lipinski definition) is 1. The molecular formula is C14H19ClN2O3S. The fourth-order valence-electron chi connectivity index (χ4n) is 2.50. The molecule has 1 fully saturated rings. The molecule has 0 spiro atoms. The average Bonchev–Trinajstić information content (AvgIpc) is 2.90. The Morgan fingerprint density at radius 1 is 1.38 bits per heavy atom. The lowest BCUT2D eigenvalue weighted by atomic mass is 10.1. The van der Waals surface area contributed by atoms with Crippen molar-refractivity contribution in [1.29, 1.82) is 0 Å². The molecular weight excluding hydrogens is 312 g/mol. The van der Waals surface area contributed by atoms with Crippen LogP contribution < -0.4 is 5.32 Å². The highest BCUT2D eigenvalue weighted by molar-refractivity contribution is 7.88. The van der Waals surface area contributed by atoms with Crippen LogP contribution in [0.25, 0.3) is 0 Å². The van der Waals surface area contributed by atoms with Gasteiger partial charge in [-0.15, -0.1) is 0 Å². The first-order valence-electron chi connectivity index (χ1n) is 6.87. The summed E-state index contributed by atoms with van der Waals surface area (Å²) in [5, 5.41) is 3.49. The summed E-state index contributed by atoms with van der Waals surface area (Å²) in [6.07, 6.45) is 3.14. The van der Waals surface area contributed by atoms with Gasteiger partial charge in [-0.1, -0.05) is 23.7 Å². The number of halogens is 1. The van der Waals surface area contributed by atoms with Crippen LogP contribution in [0.1, 0.15) is 18.4 Å². The van der Waals surface area contributed by atoms with Gasteiger partial charge in [-0.2, -0.15) is 4.31 Å². The highest BCUT2D eigenvalue weighted by atomic mass is 35.5. The zero-order valence-electron chi connectivity index (χ0n) is 11.9. The van der Waals surface area contributed by atoms with Crippen molar-refractivity contribution in [1.82, 2.24) is 9.62 Å². The lowest BCUT2D eigenvalue weighted by molar-refractivity contribution is -0.124. The van der Waals surface area contributed by atoms with Gasteiger partial charge in [0.25, 0.3) is 0 Å². The second kappa shape index (κ2) is 6.77. The van der Waals surface area contributed by atoms with Crippen molar-refractivity contribution in [2.45, 2.75) is 25.3 Å². The Morgan fingerprint density at radius 3 is 2.67 bits per heavy atom. The van der Waals surface area contributed by atoms with E-state index in [1.807, 2.05) is 12.1 Å². The summed E-state index contributed by atoms with van der Waals surface area (Å²) in [5.74, 6) is -0.216. The number of amides is 1. The average molecular weight is 331 g/mol. The molecule has 2 rings (SSSR count). The number of nitrogens with zero attached hydrogens (tertiary/aromatic N) is 1. The minimum Gasteiger partial charge on any atom is -0.354 e. The zero-order valence-corrected chi connectivity index (χ0v) is 13.5. The predicted octanol–water partition coefficient (Wildman–Crippen LogP) is 1.42. The fraction of sp³-hybridized carbons (Fsp3) is 0.500. The molecule has 1 atom stereocenters. The second-order valence-electron chi connectivity index (χ2n) is 5.20. The molecule has 0 aromatic heterocycles. The van der Waals surface area contributed by atoms with Gasteiger partial charge in [0.15, 0.2) is 0 Å². The molecule has 1 N–H and O–H groups in total. The Balaban J connectivity index is 1.86. The van der Waals surface area contributed by atoms with E-state index in [1.54, 1.807) is 12.1 Å². The predicted molar refractivity (Wildman–Crippen MR) is 82.7 cm³/mol. The van der Waals surface area contributed by atoms with Crippen LogP contribution in [-0.4, -0.2) is 44.0 Å². The first-order valence-corrected chi connectivity index (χ1v) is 9.09. The van der Waals surface area contributed by atoms with Crippen molar-refractivity contribution in [3.63, 3.8) is 0 Å². The zero-order chi connectivity index (χ0) is 15.5. The maximum absolute atomic E-state index is 12.1. The molecule has 116 valence electrons. The highest BCUT2D eigenvalue weighted by Crippen LogP contribution is 2.20. The molecule has 1 aromatic carbocycles. The van der Waals surface area contributed by atoms with Crippen LogP contribution in [0.2, 0.25) is 5.02 Å². The summed E-state index contributed by atoms with van der Waals surface area (Å²) in [6.45, 7) is 0.905. The van der Waals surface area contributed by atoms with Crippen LogP contribution in [0, 0.1) is 0 Å². The largest absolute Gasteiger partial charge is 0.354 e. The Bertz CT molecular complexity index is 601. The van der Waals surface area contributed by atoms with Gasteiger partial charge < -0.3 is 5.32 Å². The summed E-state index contributed by atoms with van der Waals surface area (Å²) in [7, 11) is -3.32. The van der Waals surface area contributed by atoms with E-state index in [0.29, 0.717) is 31.0 Å². The Morgan fingerprint density at radius 2 is 2.05 bits per heavy atom. The summed E-state index contributed by atoms with van der Waals surface area (Å²) >= 11 is 5.81. The van der Waals surface area contributed by atoms with Gasteiger partial charge in [-0.05, 0) is 37.0 Å². The van der Waals surface area contributed by atoms with Gasteiger partial charge >= 0.3 is 0 Å². The normalized spacial score (nSPS) is 19.6. The van der Waals surface area contributed by atoms with Crippen molar-refractivity contribution >= 4 is 27.5 Å². The number of benzene rings is 1. The van der Waals surface area contributed by atoms with Crippen molar-refractivity contribution in [3.8, 4) is 0 Å². The van der Waals surface area contributed by atoms with Crippen LogP contribution in [-0.2, 0) is 21.2 Å². The first-order chi connectivity index (χ1) is 9.88. The monoisotopic (exact) mass is 330 g/mol. The van der Waals surface area contributed by atoms with Gasteiger partial charge in [0, 0.05) is 18.1 Å². The number of nitrogens with one attached hydrogen (secondary N) is 1. The summed E-state index contributed by atoms with van der Waals surface area (Å²) in [6, 6.07) is 6.87. The minimum absolute atomic E-state index is 0.216. The van der Waals surface area contributed by atoms with E-state index in [0.717, 1.165) is 18.2 Å². The SMILES string of the molecule is CS(=O)(=O)N1CCCC1C(=O)NCCc1ccc(Cl)cc1. The molecule has 5 nitrogen and oxygen atoms in total. The van der Waals surface area contributed by atoms with Crippen molar-refractivity contribution in [3.05, 3.63) is 34.9 Å². The van der Waals surface area contributed by atoms with E-state index in [4.69, 9.17) is 11.6 Å². The molecule has 0 bridgehead atoms. The molecule has 7 heteroatoms. The Labute approximate surface area is 130 Å². The van der Waals surface area contributed by atoms with Gasteiger partial charge in [0.2, 0.25) is 15.9 Å². The molecule has 1 heterocycles. The van der Waals surface area contributed by atoms with E-state index in [1.165, 1.54) is 4.31 Å². The third-order valence-electron chi connectivity index (χ3n) is 3.56. The van der Waals surface area contributed by atoms with Gasteiger partial charge in [-0.3, -0.25) is 4.79 Å². The smallest absolute Gasteiger partial charge is 0.238 e. The number of rotatable bonds is 5. The topological polar surface area (TPSA) is 66.5 Å². The molecule has 1 aromatic rings. The molecule has 1 aliphatic heterocycles. The van der Waals surface area contributed by atoms with Crippen molar-refractivity contribution in [2.24, 2.45) is 0 Å². The molecule has 1 amide bonds. The maximum atomic E-state index is 12.1. The van der Waals surface area contributed by atoms with Gasteiger partial charge in [0.05, 0.1) is 6.26 Å². The standard InChI is InChI=1S/C14H19ClN2O3S/c1-21(19,20)17-10-2-3-13(17)14(18)16-9-8-11-4-6-12(15)7-5-11/h4-7,13H,2-3,8-10H2,1H3,(H,16,18). The lowest BCUT2D eigenvalue weighted by Crippen LogP contribution is -2.45. The quantitative estimate of drug-likeness (QED) is 0.888. The van der Waals surface area contributed by atoms with E-state index < -0.39 is 16.1 Å². The van der Waals surface area contributed by atoms with Crippen LogP contribution in [0.15, 0.2) is 24.3 Å². The van der Waals surface area contributed by atoms with Crippen molar-refractivity contribution < 1.29 is 13.2 Å². The maximum Gasteiger partial charge on any atom is 0.238 e. The first kappa shape index (κ1) is 16.3. The van der Waals surface area contributed by atoms with Crippen LogP contribution in [0.5, 0.6) is 0 Å². The van der Waals surface area contributed by atoms with E-state index in [2.05, 4.69) is 5.32 Å². The summed E-state index contributed by atoms with van der Waals surface area (Å²) in [4.78, 5) is 12.1. The molecule has 21 heavy (non-hydrogen) atoms. The molecule has 1 unspecified atom stereocenters.